The Kier molecular flexibility index (Phi) is 6.63. The number of rotatable bonds is 7. The van der Waals surface area contributed by atoms with Gasteiger partial charge in [0.25, 0.3) is 0 Å². The maximum absolute atomic E-state index is 11.5. The molecule has 7 heteroatoms. The maximum atomic E-state index is 11.5. The highest BCUT2D eigenvalue weighted by Gasteiger charge is 2.17. The Hall–Kier alpha value is -1.44. The number of carbonyl (C=O) groups excluding carboxylic acids is 2. The fraction of sp³-hybridized carbons (Fsp3) is 0.538. The summed E-state index contributed by atoms with van der Waals surface area (Å²) in [6.45, 7) is 3.64. The van der Waals surface area contributed by atoms with E-state index < -0.39 is 12.1 Å². The van der Waals surface area contributed by atoms with Crippen LogP contribution in [0.15, 0.2) is 16.8 Å². The van der Waals surface area contributed by atoms with Gasteiger partial charge in [0.1, 0.15) is 0 Å². The number of carbonyl (C=O) groups is 2. The first-order valence-electron chi connectivity index (χ1n) is 6.42. The van der Waals surface area contributed by atoms with Crippen molar-refractivity contribution >= 4 is 23.2 Å². The van der Waals surface area contributed by atoms with Gasteiger partial charge in [0.15, 0.2) is 0 Å². The van der Waals surface area contributed by atoms with Crippen LogP contribution in [0, 0.1) is 5.92 Å². The monoisotopic (exact) mass is 299 g/mol. The highest BCUT2D eigenvalue weighted by Crippen LogP contribution is 2.14. The Bertz CT molecular complexity index is 434. The molecule has 1 aromatic rings. The Morgan fingerprint density at radius 1 is 1.40 bits per heavy atom. The SMILES string of the molecule is CC(C)[C@H](N)C(=O)NCC(=O)NCC(O)c1ccsc1. The van der Waals surface area contributed by atoms with E-state index in [1.165, 1.54) is 11.3 Å². The number of nitrogens with one attached hydrogen (secondary N) is 2. The minimum absolute atomic E-state index is 0.0125. The van der Waals surface area contributed by atoms with Gasteiger partial charge in [-0.15, -0.1) is 0 Å². The molecule has 112 valence electrons. The molecule has 0 aliphatic rings. The number of hydrogen-bond acceptors (Lipinski definition) is 5. The largest absolute Gasteiger partial charge is 0.387 e. The van der Waals surface area contributed by atoms with Crippen LogP contribution in [0.3, 0.4) is 0 Å². The van der Waals surface area contributed by atoms with Crippen molar-refractivity contribution in [3.8, 4) is 0 Å². The molecular weight excluding hydrogens is 278 g/mol. The maximum Gasteiger partial charge on any atom is 0.239 e. The number of nitrogens with two attached hydrogens (primary N) is 1. The first-order chi connectivity index (χ1) is 9.41. The van der Waals surface area contributed by atoms with Gasteiger partial charge in [-0.05, 0) is 28.3 Å². The van der Waals surface area contributed by atoms with Crippen molar-refractivity contribution in [2.75, 3.05) is 13.1 Å². The molecule has 0 aliphatic heterocycles. The average Bonchev–Trinajstić information content (AvgIpc) is 2.95. The Labute approximate surface area is 122 Å². The summed E-state index contributed by atoms with van der Waals surface area (Å²) in [5.41, 5.74) is 6.41. The van der Waals surface area contributed by atoms with Crippen LogP contribution in [-0.4, -0.2) is 36.1 Å². The summed E-state index contributed by atoms with van der Waals surface area (Å²) in [5.74, 6) is -0.699. The van der Waals surface area contributed by atoms with Crippen LogP contribution >= 0.6 is 11.3 Å². The second-order valence-electron chi connectivity index (χ2n) is 4.86. The van der Waals surface area contributed by atoms with E-state index >= 15 is 0 Å². The summed E-state index contributed by atoms with van der Waals surface area (Å²) in [5, 5.41) is 18.5. The normalized spacial score (nSPS) is 13.8. The van der Waals surface area contributed by atoms with Crippen molar-refractivity contribution in [1.29, 1.82) is 0 Å². The van der Waals surface area contributed by atoms with Crippen molar-refractivity contribution in [3.05, 3.63) is 22.4 Å². The lowest BCUT2D eigenvalue weighted by Gasteiger charge is -2.15. The van der Waals surface area contributed by atoms with Crippen LogP contribution in [0.4, 0.5) is 0 Å². The number of amides is 2. The molecule has 0 saturated heterocycles. The molecule has 0 aromatic carbocycles. The second kappa shape index (κ2) is 7.98. The number of aliphatic hydroxyl groups excluding tert-OH is 1. The van der Waals surface area contributed by atoms with E-state index in [0.717, 1.165) is 5.56 Å². The third-order valence-electron chi connectivity index (χ3n) is 2.86. The Morgan fingerprint density at radius 3 is 2.65 bits per heavy atom. The summed E-state index contributed by atoms with van der Waals surface area (Å²) in [4.78, 5) is 23.1. The fourth-order valence-corrected chi connectivity index (χ4v) is 2.15. The zero-order valence-corrected chi connectivity index (χ0v) is 12.4. The van der Waals surface area contributed by atoms with Crippen molar-refractivity contribution in [1.82, 2.24) is 10.6 Å². The van der Waals surface area contributed by atoms with E-state index in [2.05, 4.69) is 10.6 Å². The van der Waals surface area contributed by atoms with E-state index in [1.54, 1.807) is 6.07 Å². The molecule has 1 aromatic heterocycles. The molecule has 0 bridgehead atoms. The zero-order chi connectivity index (χ0) is 15.1. The van der Waals surface area contributed by atoms with Crippen molar-refractivity contribution in [3.63, 3.8) is 0 Å². The highest BCUT2D eigenvalue weighted by molar-refractivity contribution is 7.07. The van der Waals surface area contributed by atoms with Crippen molar-refractivity contribution in [2.45, 2.75) is 26.0 Å². The summed E-state index contributed by atoms with van der Waals surface area (Å²) in [6, 6.07) is 1.17. The summed E-state index contributed by atoms with van der Waals surface area (Å²) >= 11 is 1.48. The molecule has 0 saturated carbocycles. The molecule has 0 fully saturated rings. The predicted molar refractivity (Wildman–Crippen MR) is 78.1 cm³/mol. The van der Waals surface area contributed by atoms with Crippen molar-refractivity contribution in [2.24, 2.45) is 11.7 Å². The third kappa shape index (κ3) is 5.28. The molecular formula is C13H21N3O3S. The summed E-state index contributed by atoms with van der Waals surface area (Å²) in [7, 11) is 0. The van der Waals surface area contributed by atoms with Crippen molar-refractivity contribution < 1.29 is 14.7 Å². The Morgan fingerprint density at radius 2 is 2.10 bits per heavy atom. The summed E-state index contributed by atoms with van der Waals surface area (Å²) < 4.78 is 0. The van der Waals surface area contributed by atoms with Gasteiger partial charge in [-0.1, -0.05) is 13.8 Å². The van der Waals surface area contributed by atoms with Crippen LogP contribution in [0.5, 0.6) is 0 Å². The minimum atomic E-state index is -0.737. The quantitative estimate of drug-likeness (QED) is 0.568. The van der Waals surface area contributed by atoms with Crippen LogP contribution in [0.25, 0.3) is 0 Å². The topological polar surface area (TPSA) is 104 Å². The first kappa shape index (κ1) is 16.6. The first-order valence-corrected chi connectivity index (χ1v) is 7.36. The predicted octanol–water partition coefficient (Wildman–Crippen LogP) is -0.00280. The molecule has 0 spiro atoms. The van der Waals surface area contributed by atoms with E-state index in [-0.39, 0.29) is 30.8 Å². The molecule has 1 unspecified atom stereocenters. The lowest BCUT2D eigenvalue weighted by atomic mass is 10.1. The van der Waals surface area contributed by atoms with Crippen LogP contribution in [0.1, 0.15) is 25.5 Å². The average molecular weight is 299 g/mol. The molecule has 0 aliphatic carbocycles. The Balaban J connectivity index is 2.25. The fourth-order valence-electron chi connectivity index (χ4n) is 1.44. The third-order valence-corrected chi connectivity index (χ3v) is 3.57. The molecule has 2 amide bonds. The van der Waals surface area contributed by atoms with E-state index in [9.17, 15) is 14.7 Å². The minimum Gasteiger partial charge on any atom is -0.387 e. The smallest absolute Gasteiger partial charge is 0.239 e. The van der Waals surface area contributed by atoms with Gasteiger partial charge in [0.2, 0.25) is 11.8 Å². The van der Waals surface area contributed by atoms with Gasteiger partial charge < -0.3 is 21.5 Å². The molecule has 1 rings (SSSR count). The van der Waals surface area contributed by atoms with Crippen LogP contribution < -0.4 is 16.4 Å². The van der Waals surface area contributed by atoms with Gasteiger partial charge in [-0.25, -0.2) is 0 Å². The lowest BCUT2D eigenvalue weighted by Crippen LogP contribution is -2.47. The van der Waals surface area contributed by atoms with E-state index in [4.69, 9.17) is 5.73 Å². The van der Waals surface area contributed by atoms with Crippen LogP contribution in [-0.2, 0) is 9.59 Å². The van der Waals surface area contributed by atoms with Gasteiger partial charge in [0.05, 0.1) is 18.7 Å². The van der Waals surface area contributed by atoms with E-state index in [0.29, 0.717) is 0 Å². The molecule has 0 radical (unpaired) electrons. The number of thiophene rings is 1. The molecule has 2 atom stereocenters. The van der Waals surface area contributed by atoms with Gasteiger partial charge in [-0.2, -0.15) is 11.3 Å². The zero-order valence-electron chi connectivity index (χ0n) is 11.6. The lowest BCUT2D eigenvalue weighted by molar-refractivity contribution is -0.127. The molecule has 20 heavy (non-hydrogen) atoms. The molecule has 6 nitrogen and oxygen atoms in total. The molecule has 5 N–H and O–H groups in total. The van der Waals surface area contributed by atoms with Gasteiger partial charge in [-0.3, -0.25) is 9.59 Å². The standard InChI is InChI=1S/C13H21N3O3S/c1-8(2)12(14)13(19)16-6-11(18)15-5-10(17)9-3-4-20-7-9/h3-4,7-8,10,12,17H,5-6,14H2,1-2H3,(H,15,18)(H,16,19)/t10?,12-/m0/s1. The van der Waals surface area contributed by atoms with Crippen LogP contribution in [0.2, 0.25) is 0 Å². The summed E-state index contributed by atoms with van der Waals surface area (Å²) in [6.07, 6.45) is -0.737. The second-order valence-corrected chi connectivity index (χ2v) is 5.64. The van der Waals surface area contributed by atoms with E-state index in [1.807, 2.05) is 24.6 Å². The number of hydrogen-bond donors (Lipinski definition) is 4. The van der Waals surface area contributed by atoms with Gasteiger partial charge >= 0.3 is 0 Å². The highest BCUT2D eigenvalue weighted by atomic mass is 32.1. The van der Waals surface area contributed by atoms with Gasteiger partial charge in [0, 0.05) is 6.54 Å². The number of aliphatic hydroxyl groups is 1. The molecule has 1 heterocycles.